The van der Waals surface area contributed by atoms with Crippen LogP contribution in [0.2, 0.25) is 0 Å². The Labute approximate surface area is 84.5 Å². The van der Waals surface area contributed by atoms with E-state index in [2.05, 4.69) is 35.9 Å². The van der Waals surface area contributed by atoms with Crippen LogP contribution in [0.25, 0.3) is 0 Å². The second-order valence-corrected chi connectivity index (χ2v) is 4.91. The van der Waals surface area contributed by atoms with Gasteiger partial charge in [0.2, 0.25) is 0 Å². The van der Waals surface area contributed by atoms with Crippen molar-refractivity contribution in [2.75, 3.05) is 12.3 Å². The fourth-order valence-electron chi connectivity index (χ4n) is 1.92. The molecule has 1 aliphatic heterocycles. The van der Waals surface area contributed by atoms with Crippen molar-refractivity contribution < 1.29 is 0 Å². The van der Waals surface area contributed by atoms with Gasteiger partial charge in [0.15, 0.2) is 0 Å². The smallest absolute Gasteiger partial charge is 0.148 e. The number of aromatic amines is 1. The highest BCUT2D eigenvalue weighted by Crippen LogP contribution is 2.26. The van der Waals surface area contributed by atoms with Crippen LogP contribution in [0, 0.1) is 0 Å². The SMILES string of the molecule is CC(C)(C)N1CCc2c(N)n[nH]c2C1. The van der Waals surface area contributed by atoms with Gasteiger partial charge in [-0.05, 0) is 27.2 Å². The van der Waals surface area contributed by atoms with E-state index in [0.29, 0.717) is 5.82 Å². The molecule has 0 aliphatic carbocycles. The lowest BCUT2D eigenvalue weighted by Crippen LogP contribution is -2.44. The first kappa shape index (κ1) is 9.52. The van der Waals surface area contributed by atoms with E-state index in [1.807, 2.05) is 0 Å². The van der Waals surface area contributed by atoms with E-state index in [9.17, 15) is 0 Å². The van der Waals surface area contributed by atoms with Gasteiger partial charge in [-0.2, -0.15) is 5.10 Å². The predicted molar refractivity (Wildman–Crippen MR) is 56.9 cm³/mol. The second-order valence-electron chi connectivity index (χ2n) is 4.91. The normalized spacial score (nSPS) is 18.2. The van der Waals surface area contributed by atoms with Gasteiger partial charge in [-0.15, -0.1) is 0 Å². The molecule has 0 radical (unpaired) electrons. The standard InChI is InChI=1S/C10H18N4/c1-10(2,3)14-5-4-7-8(6-14)12-13-9(7)11/h4-6H2,1-3H3,(H3,11,12,13). The van der Waals surface area contributed by atoms with Crippen molar-refractivity contribution in [2.45, 2.75) is 39.3 Å². The third kappa shape index (κ3) is 1.50. The molecule has 0 atom stereocenters. The summed E-state index contributed by atoms with van der Waals surface area (Å²) in [4.78, 5) is 2.44. The molecule has 0 saturated heterocycles. The van der Waals surface area contributed by atoms with Crippen LogP contribution in [-0.2, 0) is 13.0 Å². The molecule has 0 bridgehead atoms. The Kier molecular flexibility index (Phi) is 2.03. The summed E-state index contributed by atoms with van der Waals surface area (Å²) < 4.78 is 0. The summed E-state index contributed by atoms with van der Waals surface area (Å²) in [7, 11) is 0. The largest absolute Gasteiger partial charge is 0.382 e. The molecule has 78 valence electrons. The lowest BCUT2D eigenvalue weighted by atomic mass is 9.99. The molecule has 2 rings (SSSR count). The van der Waals surface area contributed by atoms with Crippen molar-refractivity contribution in [3.8, 4) is 0 Å². The third-order valence-corrected chi connectivity index (χ3v) is 2.91. The van der Waals surface area contributed by atoms with Crippen molar-refractivity contribution in [3.05, 3.63) is 11.3 Å². The first-order valence-corrected chi connectivity index (χ1v) is 5.05. The summed E-state index contributed by atoms with van der Waals surface area (Å²) in [5.41, 5.74) is 8.37. The van der Waals surface area contributed by atoms with Crippen LogP contribution in [-0.4, -0.2) is 27.2 Å². The van der Waals surface area contributed by atoms with E-state index in [1.54, 1.807) is 0 Å². The van der Waals surface area contributed by atoms with Crippen molar-refractivity contribution in [3.63, 3.8) is 0 Å². The summed E-state index contributed by atoms with van der Waals surface area (Å²) in [6, 6.07) is 0. The van der Waals surface area contributed by atoms with Gasteiger partial charge < -0.3 is 5.73 Å². The minimum absolute atomic E-state index is 0.220. The highest BCUT2D eigenvalue weighted by atomic mass is 15.2. The molecular formula is C10H18N4. The van der Waals surface area contributed by atoms with Crippen LogP contribution in [0.1, 0.15) is 32.0 Å². The van der Waals surface area contributed by atoms with Crippen molar-refractivity contribution in [1.82, 2.24) is 15.1 Å². The Morgan fingerprint density at radius 1 is 1.43 bits per heavy atom. The number of rotatable bonds is 0. The number of hydrogen-bond acceptors (Lipinski definition) is 3. The summed E-state index contributed by atoms with van der Waals surface area (Å²) >= 11 is 0. The molecule has 2 heterocycles. The number of nitrogens with one attached hydrogen (secondary N) is 1. The minimum atomic E-state index is 0.220. The fourth-order valence-corrected chi connectivity index (χ4v) is 1.92. The zero-order chi connectivity index (χ0) is 10.3. The maximum atomic E-state index is 5.75. The van der Waals surface area contributed by atoms with Gasteiger partial charge in [0.05, 0.1) is 5.69 Å². The topological polar surface area (TPSA) is 57.9 Å². The van der Waals surface area contributed by atoms with E-state index in [4.69, 9.17) is 5.73 Å². The van der Waals surface area contributed by atoms with Gasteiger partial charge >= 0.3 is 0 Å². The maximum Gasteiger partial charge on any atom is 0.148 e. The minimum Gasteiger partial charge on any atom is -0.382 e. The van der Waals surface area contributed by atoms with Crippen LogP contribution in [0.15, 0.2) is 0 Å². The molecule has 4 nitrogen and oxygen atoms in total. The Bertz CT molecular complexity index is 334. The van der Waals surface area contributed by atoms with Gasteiger partial charge in [-0.3, -0.25) is 10.00 Å². The van der Waals surface area contributed by atoms with E-state index in [1.165, 1.54) is 11.3 Å². The van der Waals surface area contributed by atoms with Crippen LogP contribution in [0.5, 0.6) is 0 Å². The number of nitrogen functional groups attached to an aromatic ring is 1. The van der Waals surface area contributed by atoms with E-state index < -0.39 is 0 Å². The third-order valence-electron chi connectivity index (χ3n) is 2.91. The number of anilines is 1. The fraction of sp³-hybridized carbons (Fsp3) is 0.700. The van der Waals surface area contributed by atoms with Gasteiger partial charge in [-0.25, -0.2) is 0 Å². The summed E-state index contributed by atoms with van der Waals surface area (Å²) in [6.07, 6.45) is 1.01. The molecule has 1 aliphatic rings. The van der Waals surface area contributed by atoms with Gasteiger partial charge in [0.1, 0.15) is 5.82 Å². The molecule has 0 unspecified atom stereocenters. The maximum absolute atomic E-state index is 5.75. The molecule has 1 aromatic rings. The Morgan fingerprint density at radius 3 is 2.79 bits per heavy atom. The average Bonchev–Trinajstić information content (AvgIpc) is 2.46. The number of nitrogens with zero attached hydrogens (tertiary/aromatic N) is 2. The van der Waals surface area contributed by atoms with Crippen LogP contribution < -0.4 is 5.73 Å². The lowest BCUT2D eigenvalue weighted by Gasteiger charge is -2.37. The highest BCUT2D eigenvalue weighted by Gasteiger charge is 2.27. The van der Waals surface area contributed by atoms with Crippen molar-refractivity contribution in [2.24, 2.45) is 0 Å². The highest BCUT2D eigenvalue weighted by molar-refractivity contribution is 5.43. The van der Waals surface area contributed by atoms with Crippen LogP contribution in [0.3, 0.4) is 0 Å². The Hall–Kier alpha value is -1.03. The van der Waals surface area contributed by atoms with E-state index in [-0.39, 0.29) is 5.54 Å². The molecule has 0 amide bonds. The Morgan fingerprint density at radius 2 is 2.14 bits per heavy atom. The number of aromatic nitrogens is 2. The summed E-state index contributed by atoms with van der Waals surface area (Å²) in [5.74, 6) is 0.675. The quantitative estimate of drug-likeness (QED) is 0.651. The summed E-state index contributed by atoms with van der Waals surface area (Å²) in [5, 5.41) is 7.05. The molecule has 4 heteroatoms. The zero-order valence-electron chi connectivity index (χ0n) is 9.09. The number of fused-ring (bicyclic) bond motifs is 1. The molecule has 3 N–H and O–H groups in total. The van der Waals surface area contributed by atoms with Crippen molar-refractivity contribution >= 4 is 5.82 Å². The van der Waals surface area contributed by atoms with Gasteiger partial charge in [-0.1, -0.05) is 0 Å². The molecular weight excluding hydrogens is 176 g/mol. The second kappa shape index (κ2) is 2.98. The molecule has 0 saturated carbocycles. The summed E-state index contributed by atoms with van der Waals surface area (Å²) in [6.45, 7) is 8.70. The van der Waals surface area contributed by atoms with Crippen molar-refractivity contribution in [1.29, 1.82) is 0 Å². The average molecular weight is 194 g/mol. The first-order chi connectivity index (χ1) is 6.48. The predicted octanol–water partition coefficient (Wildman–Crippen LogP) is 1.15. The molecule has 1 aromatic heterocycles. The Balaban J connectivity index is 2.22. The number of H-pyrrole nitrogens is 1. The van der Waals surface area contributed by atoms with E-state index >= 15 is 0 Å². The van der Waals surface area contributed by atoms with Gasteiger partial charge in [0, 0.05) is 24.2 Å². The van der Waals surface area contributed by atoms with Crippen LogP contribution >= 0.6 is 0 Å². The molecule has 0 fully saturated rings. The van der Waals surface area contributed by atoms with Crippen LogP contribution in [0.4, 0.5) is 5.82 Å². The molecule has 14 heavy (non-hydrogen) atoms. The monoisotopic (exact) mass is 194 g/mol. The zero-order valence-corrected chi connectivity index (χ0v) is 9.09. The molecule has 0 spiro atoms. The number of hydrogen-bond donors (Lipinski definition) is 2. The van der Waals surface area contributed by atoms with E-state index in [0.717, 1.165) is 19.5 Å². The first-order valence-electron chi connectivity index (χ1n) is 5.05. The lowest BCUT2D eigenvalue weighted by molar-refractivity contribution is 0.119. The molecule has 0 aromatic carbocycles. The van der Waals surface area contributed by atoms with Gasteiger partial charge in [0.25, 0.3) is 0 Å². The number of nitrogens with two attached hydrogens (primary N) is 1.